The number of amides is 1. The third-order valence-corrected chi connectivity index (χ3v) is 5.58. The average Bonchev–Trinajstić information content (AvgIpc) is 2.88. The molecule has 1 saturated carbocycles. The van der Waals surface area contributed by atoms with E-state index in [2.05, 4.69) is 6.92 Å². The van der Waals surface area contributed by atoms with Crippen LogP contribution in [0.5, 0.6) is 0 Å². The van der Waals surface area contributed by atoms with Crippen LogP contribution in [0.25, 0.3) is 0 Å². The van der Waals surface area contributed by atoms with E-state index in [0.29, 0.717) is 18.4 Å². The first-order chi connectivity index (χ1) is 11.4. The van der Waals surface area contributed by atoms with Gasteiger partial charge in [0.2, 0.25) is 5.91 Å². The zero-order chi connectivity index (χ0) is 17.3. The first-order valence-corrected chi connectivity index (χ1v) is 8.83. The molecule has 5 heteroatoms. The minimum Gasteiger partial charge on any atom is -0.339 e. The number of hydrogen-bond donors (Lipinski definition) is 0. The van der Waals surface area contributed by atoms with Gasteiger partial charge in [0, 0.05) is 18.5 Å². The number of rotatable bonds is 3. The number of nitrogens with zero attached hydrogens (tertiary/aromatic N) is 1. The summed E-state index contributed by atoms with van der Waals surface area (Å²) < 4.78 is 37.9. The van der Waals surface area contributed by atoms with Gasteiger partial charge >= 0.3 is 6.18 Å². The van der Waals surface area contributed by atoms with Crippen molar-refractivity contribution in [2.75, 3.05) is 6.54 Å². The highest BCUT2D eigenvalue weighted by atomic mass is 19.4. The molecular formula is C19H24F3NO. The topological polar surface area (TPSA) is 20.3 Å². The summed E-state index contributed by atoms with van der Waals surface area (Å²) in [6, 6.07) is 5.57. The van der Waals surface area contributed by atoms with Crippen molar-refractivity contribution in [1.29, 1.82) is 0 Å². The van der Waals surface area contributed by atoms with Crippen LogP contribution in [0.15, 0.2) is 24.3 Å². The molecule has 2 aliphatic rings. The molecule has 1 aromatic carbocycles. The van der Waals surface area contributed by atoms with Crippen molar-refractivity contribution in [3.05, 3.63) is 35.4 Å². The highest BCUT2D eigenvalue weighted by Gasteiger charge is 2.38. The van der Waals surface area contributed by atoms with Crippen molar-refractivity contribution in [2.45, 2.75) is 57.7 Å². The predicted molar refractivity (Wildman–Crippen MR) is 86.4 cm³/mol. The van der Waals surface area contributed by atoms with Crippen molar-refractivity contribution in [1.82, 2.24) is 4.90 Å². The fourth-order valence-corrected chi connectivity index (χ4v) is 4.16. The van der Waals surface area contributed by atoms with E-state index in [1.54, 1.807) is 0 Å². The molecule has 1 aliphatic heterocycles. The van der Waals surface area contributed by atoms with Gasteiger partial charge in [-0.05, 0) is 49.3 Å². The summed E-state index contributed by atoms with van der Waals surface area (Å²) in [5.74, 6) is 0.650. The van der Waals surface area contributed by atoms with Crippen molar-refractivity contribution in [3.8, 4) is 0 Å². The van der Waals surface area contributed by atoms with E-state index in [0.717, 1.165) is 37.1 Å². The van der Waals surface area contributed by atoms with E-state index in [1.165, 1.54) is 31.4 Å². The van der Waals surface area contributed by atoms with Gasteiger partial charge in [-0.3, -0.25) is 4.79 Å². The van der Waals surface area contributed by atoms with Crippen molar-refractivity contribution >= 4 is 5.91 Å². The van der Waals surface area contributed by atoms with Crippen LogP contribution in [0.2, 0.25) is 0 Å². The normalized spacial score (nSPS) is 28.4. The molecule has 132 valence electrons. The van der Waals surface area contributed by atoms with Gasteiger partial charge in [0.15, 0.2) is 0 Å². The zero-order valence-electron chi connectivity index (χ0n) is 14.0. The molecule has 24 heavy (non-hydrogen) atoms. The number of likely N-dealkylation sites (tertiary alicyclic amines) is 1. The van der Waals surface area contributed by atoms with Gasteiger partial charge in [-0.25, -0.2) is 0 Å². The minimum absolute atomic E-state index is 0.0872. The molecule has 1 aliphatic carbocycles. The Balaban J connectivity index is 1.63. The Bertz CT molecular complexity index is 581. The first kappa shape index (κ1) is 17.3. The maximum absolute atomic E-state index is 12.7. The molecule has 0 bridgehead atoms. The number of carbonyl (C=O) groups is 1. The van der Waals surface area contributed by atoms with E-state index in [-0.39, 0.29) is 11.8 Å². The Kier molecular flexibility index (Phi) is 4.88. The quantitative estimate of drug-likeness (QED) is 0.783. The Morgan fingerprint density at radius 2 is 1.75 bits per heavy atom. The molecule has 3 atom stereocenters. The van der Waals surface area contributed by atoms with Gasteiger partial charge < -0.3 is 4.90 Å². The van der Waals surface area contributed by atoms with Crippen molar-refractivity contribution in [2.24, 2.45) is 11.8 Å². The lowest BCUT2D eigenvalue weighted by atomic mass is 9.85. The molecule has 0 aromatic heterocycles. The predicted octanol–water partition coefficient (Wildman–Crippen LogP) is 4.68. The molecule has 1 aromatic rings. The molecule has 2 fully saturated rings. The van der Waals surface area contributed by atoms with Gasteiger partial charge in [0.25, 0.3) is 0 Å². The Labute approximate surface area is 141 Å². The Hall–Kier alpha value is -1.52. The summed E-state index contributed by atoms with van der Waals surface area (Å²) in [5, 5.41) is 0. The molecule has 1 heterocycles. The SMILES string of the molecule is C[C@@H]1CCCC[C@@H]1N1CCC(Cc2ccc(C(F)(F)F)cc2)C1=O. The van der Waals surface area contributed by atoms with Gasteiger partial charge in [0.05, 0.1) is 5.56 Å². The summed E-state index contributed by atoms with van der Waals surface area (Å²) in [6.45, 7) is 3.01. The van der Waals surface area contributed by atoms with Gasteiger partial charge in [-0.1, -0.05) is 31.9 Å². The lowest BCUT2D eigenvalue weighted by molar-refractivity contribution is -0.137. The van der Waals surface area contributed by atoms with Crippen LogP contribution >= 0.6 is 0 Å². The Morgan fingerprint density at radius 3 is 2.38 bits per heavy atom. The zero-order valence-corrected chi connectivity index (χ0v) is 14.0. The van der Waals surface area contributed by atoms with E-state index in [9.17, 15) is 18.0 Å². The number of hydrogen-bond acceptors (Lipinski definition) is 1. The molecule has 1 amide bonds. The third kappa shape index (κ3) is 3.60. The van der Waals surface area contributed by atoms with E-state index < -0.39 is 11.7 Å². The maximum Gasteiger partial charge on any atom is 0.416 e. The van der Waals surface area contributed by atoms with Crippen LogP contribution in [0.3, 0.4) is 0 Å². The minimum atomic E-state index is -4.31. The fraction of sp³-hybridized carbons (Fsp3) is 0.632. The third-order valence-electron chi connectivity index (χ3n) is 5.58. The second-order valence-electron chi connectivity index (χ2n) is 7.25. The summed E-state index contributed by atoms with van der Waals surface area (Å²) in [6.07, 6.45) is 1.72. The van der Waals surface area contributed by atoms with Gasteiger partial charge in [0.1, 0.15) is 0 Å². The first-order valence-electron chi connectivity index (χ1n) is 8.83. The summed E-state index contributed by atoms with van der Waals surface area (Å²) >= 11 is 0. The van der Waals surface area contributed by atoms with E-state index in [1.807, 2.05) is 4.90 Å². The highest BCUT2D eigenvalue weighted by molar-refractivity contribution is 5.81. The van der Waals surface area contributed by atoms with Crippen LogP contribution in [-0.2, 0) is 17.4 Å². The van der Waals surface area contributed by atoms with Crippen LogP contribution < -0.4 is 0 Å². The fourth-order valence-electron chi connectivity index (χ4n) is 4.16. The number of benzene rings is 1. The summed E-state index contributed by atoms with van der Waals surface area (Å²) in [7, 11) is 0. The monoisotopic (exact) mass is 339 g/mol. The van der Waals surface area contributed by atoms with E-state index >= 15 is 0 Å². The molecule has 1 saturated heterocycles. The average molecular weight is 339 g/mol. The molecule has 3 rings (SSSR count). The lowest BCUT2D eigenvalue weighted by Gasteiger charge is -2.36. The largest absolute Gasteiger partial charge is 0.416 e. The number of alkyl halides is 3. The molecule has 2 nitrogen and oxygen atoms in total. The van der Waals surface area contributed by atoms with Crippen LogP contribution in [0, 0.1) is 11.8 Å². The highest BCUT2D eigenvalue weighted by Crippen LogP contribution is 2.34. The molecule has 0 N–H and O–H groups in total. The second kappa shape index (κ2) is 6.77. The van der Waals surface area contributed by atoms with E-state index in [4.69, 9.17) is 0 Å². The standard InChI is InChI=1S/C19H24F3NO/c1-13-4-2-3-5-17(13)23-11-10-15(18(23)24)12-14-6-8-16(9-7-14)19(20,21)22/h6-9,13,15,17H,2-5,10-12H2,1H3/t13-,15?,17+/m1/s1. The number of carbonyl (C=O) groups excluding carboxylic acids is 1. The summed E-state index contributed by atoms with van der Waals surface area (Å²) in [5.41, 5.74) is 0.168. The van der Waals surface area contributed by atoms with Crippen molar-refractivity contribution in [3.63, 3.8) is 0 Å². The van der Waals surface area contributed by atoms with Crippen LogP contribution in [0.4, 0.5) is 13.2 Å². The van der Waals surface area contributed by atoms with Gasteiger partial charge in [-0.2, -0.15) is 13.2 Å². The molecule has 1 unspecified atom stereocenters. The summed E-state index contributed by atoms with van der Waals surface area (Å²) in [4.78, 5) is 14.8. The van der Waals surface area contributed by atoms with Crippen LogP contribution in [0.1, 0.15) is 50.2 Å². The lowest BCUT2D eigenvalue weighted by Crippen LogP contribution is -2.43. The number of halogens is 3. The van der Waals surface area contributed by atoms with Gasteiger partial charge in [-0.15, -0.1) is 0 Å². The smallest absolute Gasteiger partial charge is 0.339 e. The second-order valence-corrected chi connectivity index (χ2v) is 7.25. The molecule has 0 spiro atoms. The van der Waals surface area contributed by atoms with Crippen LogP contribution in [-0.4, -0.2) is 23.4 Å². The maximum atomic E-state index is 12.7. The molecular weight excluding hydrogens is 315 g/mol. The van der Waals surface area contributed by atoms with Crippen molar-refractivity contribution < 1.29 is 18.0 Å². The Morgan fingerprint density at radius 1 is 1.08 bits per heavy atom. The molecule has 0 radical (unpaired) electrons.